The fourth-order valence-corrected chi connectivity index (χ4v) is 2.71. The lowest BCUT2D eigenvalue weighted by atomic mass is 10.2. The van der Waals surface area contributed by atoms with Crippen LogP contribution in [0.2, 0.25) is 0 Å². The van der Waals surface area contributed by atoms with Crippen LogP contribution in [0, 0.1) is 0 Å². The zero-order valence-corrected chi connectivity index (χ0v) is 16.8. The Hall–Kier alpha value is -4.27. The van der Waals surface area contributed by atoms with Crippen LogP contribution >= 0.6 is 0 Å². The fourth-order valence-electron chi connectivity index (χ4n) is 2.71. The van der Waals surface area contributed by atoms with Gasteiger partial charge in [-0.2, -0.15) is 4.68 Å². The van der Waals surface area contributed by atoms with Crippen LogP contribution in [0.1, 0.15) is 5.76 Å². The number of hydrogen-bond acceptors (Lipinski definition) is 7. The first-order valence-corrected chi connectivity index (χ1v) is 9.40. The Kier molecular flexibility index (Phi) is 7.26. The topological polar surface area (TPSA) is 103 Å². The number of carbonyl (C=O) groups is 2. The molecule has 0 saturated heterocycles. The van der Waals surface area contributed by atoms with Gasteiger partial charge >= 0.3 is 5.97 Å². The lowest BCUT2D eigenvalue weighted by Gasteiger charge is -2.19. The molecular formula is C22H21N5O4. The van der Waals surface area contributed by atoms with Crippen molar-refractivity contribution in [2.75, 3.05) is 19.7 Å². The van der Waals surface area contributed by atoms with Crippen molar-refractivity contribution in [2.24, 2.45) is 0 Å². The molecule has 2 heterocycles. The maximum atomic E-state index is 12.9. The molecule has 0 atom stereocenters. The molecular weight excluding hydrogens is 398 g/mol. The highest BCUT2D eigenvalue weighted by molar-refractivity contribution is 6.15. The summed E-state index contributed by atoms with van der Waals surface area (Å²) in [5.74, 6) is -0.439. The first-order chi connectivity index (χ1) is 15.1. The van der Waals surface area contributed by atoms with Gasteiger partial charge < -0.3 is 14.1 Å². The highest BCUT2D eigenvalue weighted by Crippen LogP contribution is 2.21. The maximum absolute atomic E-state index is 12.9. The second-order valence-electron chi connectivity index (χ2n) is 6.28. The molecule has 3 rings (SSSR count). The number of rotatable bonds is 10. The van der Waals surface area contributed by atoms with Gasteiger partial charge in [0.05, 0.1) is 6.26 Å². The normalized spacial score (nSPS) is 11.0. The summed E-state index contributed by atoms with van der Waals surface area (Å²) in [6.45, 7) is 7.40. The molecule has 0 N–H and O–H groups in total. The average molecular weight is 419 g/mol. The molecule has 9 nitrogen and oxygen atoms in total. The van der Waals surface area contributed by atoms with Gasteiger partial charge in [-0.05, 0) is 22.6 Å². The Morgan fingerprint density at radius 3 is 2.48 bits per heavy atom. The number of nitrogens with zero attached hydrogens (tertiary/aromatic N) is 5. The van der Waals surface area contributed by atoms with Crippen LogP contribution in [0.5, 0.6) is 0 Å². The van der Waals surface area contributed by atoms with Gasteiger partial charge in [0.15, 0.2) is 18.1 Å². The number of hydrogen-bond donors (Lipinski definition) is 0. The van der Waals surface area contributed by atoms with Crippen molar-refractivity contribution in [3.05, 3.63) is 79.8 Å². The summed E-state index contributed by atoms with van der Waals surface area (Å²) in [6.07, 6.45) is 6.08. The summed E-state index contributed by atoms with van der Waals surface area (Å²) in [5, 5.41) is 11.6. The van der Waals surface area contributed by atoms with Crippen molar-refractivity contribution in [2.45, 2.75) is 0 Å². The van der Waals surface area contributed by atoms with Crippen LogP contribution in [0.4, 0.5) is 0 Å². The van der Waals surface area contributed by atoms with E-state index >= 15 is 0 Å². The van der Waals surface area contributed by atoms with Crippen molar-refractivity contribution in [3.63, 3.8) is 0 Å². The number of aromatic nitrogens is 4. The standard InChI is InChI=1S/C22H21N5O4/c1-3-12-26(13-4-2)20(28)16-31-22(29)19(15-18-11-8-14-30-18)27-21(23-24-25-27)17-9-6-5-7-10-17/h3-11,14-15H,1-2,12-13,16H2/b19-15-. The third kappa shape index (κ3) is 5.41. The highest BCUT2D eigenvalue weighted by Gasteiger charge is 2.23. The summed E-state index contributed by atoms with van der Waals surface area (Å²) in [6, 6.07) is 12.5. The molecule has 1 aromatic carbocycles. The molecule has 31 heavy (non-hydrogen) atoms. The Morgan fingerprint density at radius 1 is 1.10 bits per heavy atom. The van der Waals surface area contributed by atoms with E-state index < -0.39 is 12.6 Å². The Morgan fingerprint density at radius 2 is 1.84 bits per heavy atom. The van der Waals surface area contributed by atoms with Crippen LogP contribution in [0.3, 0.4) is 0 Å². The van der Waals surface area contributed by atoms with Crippen molar-refractivity contribution in [3.8, 4) is 11.4 Å². The van der Waals surface area contributed by atoms with Crippen LogP contribution in [0.15, 0.2) is 78.5 Å². The molecule has 0 spiro atoms. The molecule has 2 aromatic heterocycles. The van der Waals surface area contributed by atoms with Crippen molar-refractivity contribution in [1.29, 1.82) is 0 Å². The lowest BCUT2D eigenvalue weighted by Crippen LogP contribution is -2.35. The second kappa shape index (κ2) is 10.5. The van der Waals surface area contributed by atoms with Crippen LogP contribution in [-0.4, -0.2) is 56.7 Å². The van der Waals surface area contributed by atoms with E-state index in [1.807, 2.05) is 30.3 Å². The summed E-state index contributed by atoms with van der Waals surface area (Å²) in [7, 11) is 0. The third-order valence-corrected chi connectivity index (χ3v) is 4.14. The summed E-state index contributed by atoms with van der Waals surface area (Å²) >= 11 is 0. The average Bonchev–Trinajstić information content (AvgIpc) is 3.48. The van der Waals surface area contributed by atoms with Crippen LogP contribution < -0.4 is 0 Å². The van der Waals surface area contributed by atoms with Gasteiger partial charge in [0, 0.05) is 24.7 Å². The van der Waals surface area contributed by atoms with E-state index in [9.17, 15) is 9.59 Å². The Balaban J connectivity index is 1.87. The van der Waals surface area contributed by atoms with Gasteiger partial charge in [-0.3, -0.25) is 4.79 Å². The van der Waals surface area contributed by atoms with E-state index in [1.165, 1.54) is 21.9 Å². The first kappa shape index (κ1) is 21.4. The molecule has 0 aliphatic carbocycles. The van der Waals surface area contributed by atoms with Crippen molar-refractivity contribution < 1.29 is 18.7 Å². The molecule has 9 heteroatoms. The van der Waals surface area contributed by atoms with Gasteiger partial charge in [-0.25, -0.2) is 4.79 Å². The summed E-state index contributed by atoms with van der Waals surface area (Å²) in [5.41, 5.74) is 0.690. The number of tetrazole rings is 1. The largest absolute Gasteiger partial charge is 0.465 e. The number of ether oxygens (including phenoxy) is 1. The molecule has 0 radical (unpaired) electrons. The molecule has 1 amide bonds. The number of carbonyl (C=O) groups excluding carboxylic acids is 2. The molecule has 0 aliphatic rings. The van der Waals surface area contributed by atoms with Crippen molar-refractivity contribution >= 4 is 23.6 Å². The van der Waals surface area contributed by atoms with E-state index in [2.05, 4.69) is 28.7 Å². The SMILES string of the molecule is C=CCN(CC=C)C(=O)COC(=O)/C(=C/c1ccco1)n1nnnc1-c1ccccc1. The van der Waals surface area contributed by atoms with E-state index in [0.717, 1.165) is 0 Å². The fraction of sp³-hybridized carbons (Fsp3) is 0.136. The summed E-state index contributed by atoms with van der Waals surface area (Å²) < 4.78 is 11.8. The van der Waals surface area contributed by atoms with Crippen LogP contribution in [-0.2, 0) is 14.3 Å². The quantitative estimate of drug-likeness (QED) is 0.283. The number of esters is 1. The van der Waals surface area contributed by atoms with Gasteiger partial charge in [0.2, 0.25) is 0 Å². The van der Waals surface area contributed by atoms with Gasteiger partial charge in [-0.15, -0.1) is 18.3 Å². The third-order valence-electron chi connectivity index (χ3n) is 4.14. The lowest BCUT2D eigenvalue weighted by molar-refractivity contribution is -0.147. The zero-order chi connectivity index (χ0) is 22.1. The van der Waals surface area contributed by atoms with E-state index in [4.69, 9.17) is 9.15 Å². The predicted octanol–water partition coefficient (Wildman–Crippen LogP) is 2.68. The smallest absolute Gasteiger partial charge is 0.357 e. The van der Waals surface area contributed by atoms with E-state index in [1.54, 1.807) is 24.3 Å². The van der Waals surface area contributed by atoms with E-state index in [-0.39, 0.29) is 11.6 Å². The van der Waals surface area contributed by atoms with Gasteiger partial charge in [0.25, 0.3) is 5.91 Å². The monoisotopic (exact) mass is 419 g/mol. The van der Waals surface area contributed by atoms with Crippen molar-refractivity contribution in [1.82, 2.24) is 25.1 Å². The molecule has 3 aromatic rings. The highest BCUT2D eigenvalue weighted by atomic mass is 16.5. The molecule has 0 aliphatic heterocycles. The van der Waals surface area contributed by atoms with E-state index in [0.29, 0.717) is 30.2 Å². The Bertz CT molecular complexity index is 1060. The molecule has 0 unspecified atom stereocenters. The summed E-state index contributed by atoms with van der Waals surface area (Å²) in [4.78, 5) is 26.8. The molecule has 0 fully saturated rings. The molecule has 0 bridgehead atoms. The zero-order valence-electron chi connectivity index (χ0n) is 16.8. The Labute approximate surface area is 178 Å². The number of amides is 1. The predicted molar refractivity (Wildman–Crippen MR) is 114 cm³/mol. The number of furan rings is 1. The second-order valence-corrected chi connectivity index (χ2v) is 6.28. The number of benzene rings is 1. The van der Waals surface area contributed by atoms with Gasteiger partial charge in [0.1, 0.15) is 5.76 Å². The first-order valence-electron chi connectivity index (χ1n) is 9.40. The minimum absolute atomic E-state index is 0.00871. The minimum atomic E-state index is -0.786. The molecule has 158 valence electrons. The minimum Gasteiger partial charge on any atom is -0.465 e. The maximum Gasteiger partial charge on any atom is 0.357 e. The molecule has 0 saturated carbocycles. The van der Waals surface area contributed by atoms with Crippen LogP contribution in [0.25, 0.3) is 23.2 Å². The van der Waals surface area contributed by atoms with Gasteiger partial charge in [-0.1, -0.05) is 42.5 Å².